The maximum absolute atomic E-state index is 13.0. The topological polar surface area (TPSA) is 201 Å². The molecule has 0 aliphatic carbocycles. The molecule has 1 aromatic carbocycles. The van der Waals surface area contributed by atoms with E-state index in [9.17, 15) is 38.9 Å². The van der Waals surface area contributed by atoms with Gasteiger partial charge in [-0.15, -0.1) is 0 Å². The smallest absolute Gasteiger partial charge is 0.534 e. The number of esters is 2. The van der Waals surface area contributed by atoms with Crippen molar-refractivity contribution >= 4 is 42.8 Å². The number of imide groups is 1. The Hall–Kier alpha value is -4.18. The van der Waals surface area contributed by atoms with Crippen molar-refractivity contribution in [3.63, 3.8) is 0 Å². The molecule has 228 valence electrons. The Morgan fingerprint density at radius 1 is 1.14 bits per heavy atom. The monoisotopic (exact) mass is 590 g/mol. The van der Waals surface area contributed by atoms with E-state index in [-0.39, 0.29) is 30.8 Å². The molecule has 1 saturated heterocycles. The van der Waals surface area contributed by atoms with Crippen molar-refractivity contribution in [2.45, 2.75) is 59.1 Å². The fourth-order valence-corrected chi connectivity index (χ4v) is 4.20. The molecule has 42 heavy (non-hydrogen) atoms. The number of amides is 5. The molecule has 0 aromatic heterocycles. The Balaban J connectivity index is 1.65. The Labute approximate surface area is 242 Å². The summed E-state index contributed by atoms with van der Waals surface area (Å²) in [5.41, 5.74) is -0.400. The zero-order valence-corrected chi connectivity index (χ0v) is 24.0. The molecule has 2 unspecified atom stereocenters. The number of hydrogen-bond acceptors (Lipinski definition) is 11. The fourth-order valence-electron chi connectivity index (χ4n) is 4.20. The Bertz CT molecular complexity index is 1250. The summed E-state index contributed by atoms with van der Waals surface area (Å²) in [7, 11) is -1.64. The van der Waals surface area contributed by atoms with Gasteiger partial charge in [-0.3, -0.25) is 24.1 Å². The molecule has 0 bridgehead atoms. The molecule has 1 aromatic rings. The Kier molecular flexibility index (Phi) is 10.2. The summed E-state index contributed by atoms with van der Waals surface area (Å²) in [5, 5.41) is 25.6. The van der Waals surface area contributed by atoms with Gasteiger partial charge in [0.15, 0.2) is 0 Å². The van der Waals surface area contributed by atoms with Gasteiger partial charge in [0, 0.05) is 19.6 Å². The number of likely N-dealkylation sites (N-methyl/N-ethyl adjacent to an activating group) is 1. The van der Waals surface area contributed by atoms with Gasteiger partial charge >= 0.3 is 36.9 Å². The van der Waals surface area contributed by atoms with Gasteiger partial charge in [-0.25, -0.2) is 9.59 Å². The molecular formula is C26H35BN4O11. The molecule has 0 spiro atoms. The van der Waals surface area contributed by atoms with E-state index in [4.69, 9.17) is 14.1 Å². The number of aliphatic hydroxyl groups is 1. The number of fused-ring (bicyclic) bond motifs is 1. The van der Waals surface area contributed by atoms with E-state index in [1.807, 2.05) is 0 Å². The number of carbonyl (C=O) groups is 6. The highest BCUT2D eigenvalue weighted by molar-refractivity contribution is 6.47. The van der Waals surface area contributed by atoms with Crippen molar-refractivity contribution < 1.29 is 53.0 Å². The summed E-state index contributed by atoms with van der Waals surface area (Å²) >= 11 is 0. The predicted octanol–water partition coefficient (Wildman–Crippen LogP) is -1.02. The number of urea groups is 1. The summed E-state index contributed by atoms with van der Waals surface area (Å²) in [6.45, 7) is 7.57. The van der Waals surface area contributed by atoms with Gasteiger partial charge in [0.1, 0.15) is 17.4 Å². The lowest BCUT2D eigenvalue weighted by Crippen LogP contribution is -2.63. The van der Waals surface area contributed by atoms with Gasteiger partial charge in [-0.05, 0) is 52.7 Å². The maximum Gasteiger partial charge on any atom is 0.547 e. The molecular weight excluding hydrogens is 555 g/mol. The quantitative estimate of drug-likeness (QED) is 0.125. The third-order valence-corrected chi connectivity index (χ3v) is 6.64. The average Bonchev–Trinajstić information content (AvgIpc) is 2.92. The summed E-state index contributed by atoms with van der Waals surface area (Å²) in [6.07, 6.45) is -1.42. The van der Waals surface area contributed by atoms with Crippen LogP contribution in [0.15, 0.2) is 18.2 Å². The van der Waals surface area contributed by atoms with E-state index in [2.05, 4.69) is 10.6 Å². The van der Waals surface area contributed by atoms with Crippen LogP contribution in [0.25, 0.3) is 0 Å². The minimum Gasteiger partial charge on any atom is -0.534 e. The van der Waals surface area contributed by atoms with E-state index in [1.54, 1.807) is 33.8 Å². The van der Waals surface area contributed by atoms with Crippen LogP contribution in [0.5, 0.6) is 5.75 Å². The lowest BCUT2D eigenvalue weighted by Gasteiger charge is -2.33. The standard InChI is InChI=1S/C26H35BN4O11/c1-6-30-10-11-31(22(35)21(30)34)25(38)29-18(14(2)32)20(33)28-17-12-15-8-7-9-16(19(15)42-27(17)39)23(36)40-13-41-24(37)26(3,4)5/h7-9,14,17-18,32,39H,6,10-13H2,1-5H3,(H,28,33)(H,29,38)/t14?,17-,18?/m0/s1. The second kappa shape index (κ2) is 13.2. The first kappa shape index (κ1) is 32.3. The number of benzene rings is 1. The molecule has 1 fully saturated rings. The highest BCUT2D eigenvalue weighted by Gasteiger charge is 2.41. The molecule has 5 amide bonds. The lowest BCUT2D eigenvalue weighted by molar-refractivity contribution is -0.161. The molecule has 0 saturated carbocycles. The first-order chi connectivity index (χ1) is 19.6. The van der Waals surface area contributed by atoms with E-state index in [0.29, 0.717) is 17.0 Å². The van der Waals surface area contributed by atoms with Crippen LogP contribution < -0.4 is 15.3 Å². The SMILES string of the molecule is CCN1CCN(C(=O)NC(C(=O)N[C@H]2Cc3cccc(C(=O)OCOC(=O)C(C)(C)C)c3OB2O)C(C)O)C(=O)C1=O. The van der Waals surface area contributed by atoms with E-state index in [1.165, 1.54) is 24.0 Å². The van der Waals surface area contributed by atoms with Crippen LogP contribution in [0.3, 0.4) is 0 Å². The zero-order valence-electron chi connectivity index (χ0n) is 24.0. The average molecular weight is 590 g/mol. The van der Waals surface area contributed by atoms with Crippen LogP contribution in [0.4, 0.5) is 4.79 Å². The lowest BCUT2D eigenvalue weighted by atomic mass is 9.72. The molecule has 3 atom stereocenters. The summed E-state index contributed by atoms with van der Waals surface area (Å²) in [5.74, 6) is -5.28. The third-order valence-electron chi connectivity index (χ3n) is 6.64. The van der Waals surface area contributed by atoms with Crippen LogP contribution in [0.2, 0.25) is 0 Å². The van der Waals surface area contributed by atoms with Gasteiger partial charge in [-0.2, -0.15) is 0 Å². The molecule has 0 radical (unpaired) electrons. The highest BCUT2D eigenvalue weighted by atomic mass is 16.7. The largest absolute Gasteiger partial charge is 0.547 e. The van der Waals surface area contributed by atoms with Crippen molar-refractivity contribution in [2.75, 3.05) is 26.4 Å². The van der Waals surface area contributed by atoms with Crippen molar-refractivity contribution in [2.24, 2.45) is 5.41 Å². The van der Waals surface area contributed by atoms with E-state index >= 15 is 0 Å². The van der Waals surface area contributed by atoms with Gasteiger partial charge in [0.25, 0.3) is 0 Å². The minimum absolute atomic E-state index is 0.00515. The van der Waals surface area contributed by atoms with E-state index in [0.717, 1.165) is 0 Å². The summed E-state index contributed by atoms with van der Waals surface area (Å²) < 4.78 is 15.5. The van der Waals surface area contributed by atoms with E-state index < -0.39 is 73.1 Å². The van der Waals surface area contributed by atoms with Crippen LogP contribution in [-0.2, 0) is 35.1 Å². The van der Waals surface area contributed by atoms with Crippen molar-refractivity contribution in [1.82, 2.24) is 20.4 Å². The number of para-hydroxylation sites is 1. The number of rotatable bonds is 8. The normalized spacial score (nSPS) is 18.4. The molecule has 3 rings (SSSR count). The van der Waals surface area contributed by atoms with Crippen molar-refractivity contribution in [3.8, 4) is 5.75 Å². The van der Waals surface area contributed by atoms with Gasteiger partial charge in [-0.1, -0.05) is 12.1 Å². The fraction of sp³-hybridized carbons (Fsp3) is 0.538. The number of hydrogen-bond donors (Lipinski definition) is 4. The van der Waals surface area contributed by atoms with Gasteiger partial charge in [0.2, 0.25) is 12.7 Å². The highest BCUT2D eigenvalue weighted by Crippen LogP contribution is 2.31. The maximum atomic E-state index is 13.0. The Morgan fingerprint density at radius 2 is 1.83 bits per heavy atom. The molecule has 2 aliphatic rings. The number of piperazine rings is 1. The van der Waals surface area contributed by atoms with Crippen LogP contribution >= 0.6 is 0 Å². The molecule has 4 N–H and O–H groups in total. The molecule has 2 heterocycles. The second-order valence-electron chi connectivity index (χ2n) is 10.9. The Morgan fingerprint density at radius 3 is 2.45 bits per heavy atom. The molecule has 15 nitrogen and oxygen atoms in total. The van der Waals surface area contributed by atoms with Crippen LogP contribution in [0, 0.1) is 5.41 Å². The predicted molar refractivity (Wildman–Crippen MR) is 144 cm³/mol. The van der Waals surface area contributed by atoms with Crippen LogP contribution in [0.1, 0.15) is 50.5 Å². The molecule has 2 aliphatic heterocycles. The number of nitrogens with zero attached hydrogens (tertiary/aromatic N) is 2. The number of ether oxygens (including phenoxy) is 2. The third kappa shape index (κ3) is 7.36. The van der Waals surface area contributed by atoms with Gasteiger partial charge < -0.3 is 39.8 Å². The summed E-state index contributed by atoms with van der Waals surface area (Å²) in [6, 6.07) is 1.95. The summed E-state index contributed by atoms with van der Waals surface area (Å²) in [4.78, 5) is 76.7. The zero-order chi connectivity index (χ0) is 31.4. The first-order valence-corrected chi connectivity index (χ1v) is 13.4. The van der Waals surface area contributed by atoms with Crippen molar-refractivity contribution in [3.05, 3.63) is 29.3 Å². The number of nitrogens with one attached hydrogen (secondary N) is 2. The van der Waals surface area contributed by atoms with Crippen molar-refractivity contribution in [1.29, 1.82) is 0 Å². The van der Waals surface area contributed by atoms with Gasteiger partial charge in [0.05, 0.1) is 17.5 Å². The van der Waals surface area contributed by atoms with Crippen LogP contribution in [-0.4, -0.2) is 107 Å². The second-order valence-corrected chi connectivity index (χ2v) is 10.9. The minimum atomic E-state index is -1.64. The first-order valence-electron chi connectivity index (χ1n) is 13.4. The number of aliphatic hydroxyl groups excluding tert-OH is 1. The number of carbonyl (C=O) groups excluding carboxylic acids is 6. The molecule has 16 heteroatoms.